The average molecular weight is 250 g/mol. The van der Waals surface area contributed by atoms with Gasteiger partial charge in [0.1, 0.15) is 18.8 Å². The van der Waals surface area contributed by atoms with Crippen LogP contribution in [0.3, 0.4) is 0 Å². The molecule has 1 saturated heterocycles. The molecule has 0 aliphatic carbocycles. The van der Waals surface area contributed by atoms with Crippen LogP contribution in [0.25, 0.3) is 0 Å². The van der Waals surface area contributed by atoms with Crippen LogP contribution in [0.15, 0.2) is 30.3 Å². The van der Waals surface area contributed by atoms with Gasteiger partial charge in [0.25, 0.3) is 0 Å². The summed E-state index contributed by atoms with van der Waals surface area (Å²) >= 11 is 0. The fraction of sp³-hybridized carbons (Fsp3) is 0.385. The standard InChI is InChI=1S/C13H15FN2O2/c1-9-13(18)16(8-7-14)11(12(17)15-9)10-5-3-2-4-6-10/h2-6,9,11H,7-8H2,1H3,(H,15,17). The second kappa shape index (κ2) is 5.16. The van der Waals surface area contributed by atoms with Gasteiger partial charge in [0.2, 0.25) is 11.8 Å². The molecule has 4 nitrogen and oxygen atoms in total. The predicted octanol–water partition coefficient (Wildman–Crippen LogP) is 1.04. The van der Waals surface area contributed by atoms with Gasteiger partial charge in [-0.15, -0.1) is 0 Å². The maximum atomic E-state index is 12.6. The van der Waals surface area contributed by atoms with E-state index in [1.807, 2.05) is 6.07 Å². The summed E-state index contributed by atoms with van der Waals surface area (Å²) in [6, 6.07) is 7.61. The van der Waals surface area contributed by atoms with Crippen LogP contribution >= 0.6 is 0 Å². The van der Waals surface area contributed by atoms with Crippen LogP contribution < -0.4 is 5.32 Å². The normalized spacial score (nSPS) is 24.0. The number of rotatable bonds is 3. The fourth-order valence-corrected chi connectivity index (χ4v) is 2.17. The van der Waals surface area contributed by atoms with Crippen LogP contribution in [0, 0.1) is 0 Å². The molecule has 18 heavy (non-hydrogen) atoms. The molecule has 2 rings (SSSR count). The molecule has 0 aromatic heterocycles. The highest BCUT2D eigenvalue weighted by Gasteiger charge is 2.38. The van der Waals surface area contributed by atoms with Gasteiger partial charge < -0.3 is 10.2 Å². The number of hydrogen-bond acceptors (Lipinski definition) is 2. The Balaban J connectivity index is 2.35. The minimum atomic E-state index is -0.731. The van der Waals surface area contributed by atoms with E-state index >= 15 is 0 Å². The van der Waals surface area contributed by atoms with Crippen LogP contribution in [-0.4, -0.2) is 36.0 Å². The molecule has 2 unspecified atom stereocenters. The summed E-state index contributed by atoms with van der Waals surface area (Å²) < 4.78 is 12.6. The lowest BCUT2D eigenvalue weighted by atomic mass is 10.0. The Bertz CT molecular complexity index is 450. The molecule has 1 aromatic rings. The number of nitrogens with zero attached hydrogens (tertiary/aromatic N) is 1. The van der Waals surface area contributed by atoms with Crippen molar-refractivity contribution in [2.24, 2.45) is 0 Å². The highest BCUT2D eigenvalue weighted by Crippen LogP contribution is 2.25. The van der Waals surface area contributed by atoms with Gasteiger partial charge in [0, 0.05) is 0 Å². The van der Waals surface area contributed by atoms with Gasteiger partial charge >= 0.3 is 0 Å². The zero-order chi connectivity index (χ0) is 13.1. The molecule has 96 valence electrons. The topological polar surface area (TPSA) is 49.4 Å². The van der Waals surface area contributed by atoms with Gasteiger partial charge in [-0.3, -0.25) is 9.59 Å². The maximum absolute atomic E-state index is 12.6. The molecule has 0 spiro atoms. The third kappa shape index (κ3) is 2.20. The molecule has 2 atom stereocenters. The molecule has 1 N–H and O–H groups in total. The lowest BCUT2D eigenvalue weighted by Gasteiger charge is -2.37. The summed E-state index contributed by atoms with van der Waals surface area (Å²) in [7, 11) is 0. The molecule has 0 bridgehead atoms. The van der Waals surface area contributed by atoms with Gasteiger partial charge in [0.15, 0.2) is 0 Å². The molecule has 1 aliphatic heterocycles. The van der Waals surface area contributed by atoms with Crippen LogP contribution in [0.1, 0.15) is 18.5 Å². The van der Waals surface area contributed by atoms with Crippen LogP contribution in [0.2, 0.25) is 0 Å². The number of hydrogen-bond donors (Lipinski definition) is 1. The first kappa shape index (κ1) is 12.5. The molecule has 1 aromatic carbocycles. The van der Waals surface area contributed by atoms with Crippen molar-refractivity contribution in [2.45, 2.75) is 19.0 Å². The van der Waals surface area contributed by atoms with Crippen molar-refractivity contribution in [3.8, 4) is 0 Å². The van der Waals surface area contributed by atoms with E-state index in [1.165, 1.54) is 4.90 Å². The number of amides is 2. The summed E-state index contributed by atoms with van der Waals surface area (Å²) in [5, 5.41) is 2.61. The first-order chi connectivity index (χ1) is 8.65. The summed E-state index contributed by atoms with van der Waals surface area (Å²) in [5.74, 6) is -0.511. The molecular weight excluding hydrogens is 235 g/mol. The van der Waals surface area contributed by atoms with Gasteiger partial charge in [-0.2, -0.15) is 0 Å². The average Bonchev–Trinajstić information content (AvgIpc) is 2.37. The van der Waals surface area contributed by atoms with E-state index < -0.39 is 18.8 Å². The quantitative estimate of drug-likeness (QED) is 0.871. The maximum Gasteiger partial charge on any atom is 0.248 e. The lowest BCUT2D eigenvalue weighted by Crippen LogP contribution is -2.58. The highest BCUT2D eigenvalue weighted by atomic mass is 19.1. The minimum absolute atomic E-state index is 0.0594. The number of piperazine rings is 1. The third-order valence-corrected chi connectivity index (χ3v) is 3.01. The zero-order valence-corrected chi connectivity index (χ0v) is 10.1. The van der Waals surface area contributed by atoms with Crippen molar-refractivity contribution in [2.75, 3.05) is 13.2 Å². The van der Waals surface area contributed by atoms with E-state index in [0.29, 0.717) is 5.56 Å². The number of carbonyl (C=O) groups is 2. The van der Waals surface area contributed by atoms with Crippen molar-refractivity contribution in [3.63, 3.8) is 0 Å². The molecule has 0 saturated carbocycles. The van der Waals surface area contributed by atoms with Gasteiger partial charge in [-0.05, 0) is 12.5 Å². The van der Waals surface area contributed by atoms with Crippen LogP contribution in [0.5, 0.6) is 0 Å². The summed E-state index contributed by atoms with van der Waals surface area (Å²) in [6.07, 6.45) is 0. The Kier molecular flexibility index (Phi) is 3.60. The van der Waals surface area contributed by atoms with Crippen LogP contribution in [-0.2, 0) is 9.59 Å². The summed E-state index contributed by atoms with van der Waals surface area (Å²) in [4.78, 5) is 25.3. The molecule has 0 radical (unpaired) electrons. The zero-order valence-electron chi connectivity index (χ0n) is 10.1. The predicted molar refractivity (Wildman–Crippen MR) is 64.5 cm³/mol. The largest absolute Gasteiger partial charge is 0.342 e. The van der Waals surface area contributed by atoms with E-state index in [2.05, 4.69) is 5.32 Å². The molecule has 1 heterocycles. The van der Waals surface area contributed by atoms with Crippen molar-refractivity contribution in [3.05, 3.63) is 35.9 Å². The Morgan fingerprint density at radius 2 is 1.94 bits per heavy atom. The Morgan fingerprint density at radius 3 is 2.56 bits per heavy atom. The molecular formula is C13H15FN2O2. The van der Waals surface area contributed by atoms with Gasteiger partial charge in [-0.25, -0.2) is 4.39 Å². The molecule has 1 fully saturated rings. The Labute approximate surface area is 105 Å². The first-order valence-electron chi connectivity index (χ1n) is 5.87. The smallest absolute Gasteiger partial charge is 0.248 e. The summed E-state index contributed by atoms with van der Waals surface area (Å²) in [6.45, 7) is 0.887. The Morgan fingerprint density at radius 1 is 1.28 bits per heavy atom. The fourth-order valence-electron chi connectivity index (χ4n) is 2.17. The van der Waals surface area contributed by atoms with Crippen molar-refractivity contribution >= 4 is 11.8 Å². The first-order valence-corrected chi connectivity index (χ1v) is 5.87. The van der Waals surface area contributed by atoms with E-state index in [9.17, 15) is 14.0 Å². The monoisotopic (exact) mass is 250 g/mol. The van der Waals surface area contributed by atoms with E-state index in [-0.39, 0.29) is 18.4 Å². The number of benzene rings is 1. The second-order valence-corrected chi connectivity index (χ2v) is 4.26. The van der Waals surface area contributed by atoms with Crippen molar-refractivity contribution in [1.82, 2.24) is 10.2 Å². The molecule has 2 amide bonds. The number of halogens is 1. The number of alkyl halides is 1. The van der Waals surface area contributed by atoms with Gasteiger partial charge in [-0.1, -0.05) is 30.3 Å². The lowest BCUT2D eigenvalue weighted by molar-refractivity contribution is -0.149. The number of nitrogens with one attached hydrogen (secondary N) is 1. The SMILES string of the molecule is CC1NC(=O)C(c2ccccc2)N(CCF)C1=O. The van der Waals surface area contributed by atoms with Crippen LogP contribution in [0.4, 0.5) is 4.39 Å². The van der Waals surface area contributed by atoms with E-state index in [1.54, 1.807) is 31.2 Å². The second-order valence-electron chi connectivity index (χ2n) is 4.26. The van der Waals surface area contributed by atoms with E-state index in [4.69, 9.17) is 0 Å². The Hall–Kier alpha value is -1.91. The van der Waals surface area contributed by atoms with Crippen molar-refractivity contribution in [1.29, 1.82) is 0 Å². The molecule has 5 heteroatoms. The highest BCUT2D eigenvalue weighted by molar-refractivity contribution is 5.97. The minimum Gasteiger partial charge on any atom is -0.342 e. The molecule has 1 aliphatic rings. The third-order valence-electron chi connectivity index (χ3n) is 3.01. The van der Waals surface area contributed by atoms with E-state index in [0.717, 1.165) is 0 Å². The number of carbonyl (C=O) groups excluding carboxylic acids is 2. The van der Waals surface area contributed by atoms with Gasteiger partial charge in [0.05, 0.1) is 6.54 Å². The van der Waals surface area contributed by atoms with Crippen molar-refractivity contribution < 1.29 is 14.0 Å². The summed E-state index contributed by atoms with van der Waals surface area (Å²) in [5.41, 5.74) is 0.698.